The van der Waals surface area contributed by atoms with Gasteiger partial charge < -0.3 is 5.02 Å². The minimum absolute atomic E-state index is 0.758. The van der Waals surface area contributed by atoms with E-state index in [1.807, 2.05) is 60.7 Å². The van der Waals surface area contributed by atoms with Crippen LogP contribution >= 0.6 is 0 Å². The molecule has 1 aromatic heterocycles. The van der Waals surface area contributed by atoms with Crippen LogP contribution in [0, 0.1) is 0 Å². The van der Waals surface area contributed by atoms with Crippen molar-refractivity contribution in [1.82, 2.24) is 9.55 Å². The van der Waals surface area contributed by atoms with Crippen molar-refractivity contribution in [3.63, 3.8) is 0 Å². The first-order valence-electron chi connectivity index (χ1n) is 7.47. The number of aromatic nitrogens is 2. The molecular weight excluding hydrogens is 283 g/mol. The van der Waals surface area contributed by atoms with Crippen molar-refractivity contribution in [2.75, 3.05) is 0 Å². The molecule has 0 amide bonds. The smallest absolute Gasteiger partial charge is 0.326 e. The summed E-state index contributed by atoms with van der Waals surface area (Å²) in [6.07, 6.45) is 0. The van der Waals surface area contributed by atoms with E-state index in [1.165, 1.54) is 0 Å². The van der Waals surface area contributed by atoms with Gasteiger partial charge in [0.15, 0.2) is 0 Å². The van der Waals surface area contributed by atoms with Gasteiger partial charge in [0.05, 0.1) is 11.0 Å². The van der Waals surface area contributed by atoms with E-state index in [2.05, 4.69) is 22.8 Å². The van der Waals surface area contributed by atoms with E-state index >= 15 is 0 Å². The van der Waals surface area contributed by atoms with Gasteiger partial charge in [0.1, 0.15) is 5.82 Å². The summed E-state index contributed by atoms with van der Waals surface area (Å²) in [6, 6.07) is 26.0. The topological polar surface area (TPSA) is 38.1 Å². The van der Waals surface area contributed by atoms with Gasteiger partial charge in [0.25, 0.3) is 0 Å². The van der Waals surface area contributed by atoms with Crippen molar-refractivity contribution < 1.29 is 5.02 Å². The van der Waals surface area contributed by atoms with E-state index in [0.717, 1.165) is 41.1 Å². The fourth-order valence-electron chi connectivity index (χ4n) is 2.82. The molecule has 0 bridgehead atoms. The maximum absolute atomic E-state index is 9.28. The lowest BCUT2D eigenvalue weighted by Crippen LogP contribution is -2.13. The Morgan fingerprint density at radius 2 is 1.61 bits per heavy atom. The van der Waals surface area contributed by atoms with Crippen LogP contribution < -0.4 is 5.46 Å². The maximum Gasteiger partial charge on any atom is 0.326 e. The lowest BCUT2D eigenvalue weighted by atomic mass is 9.87. The highest BCUT2D eigenvalue weighted by Gasteiger charge is 2.14. The normalized spacial score (nSPS) is 10.8. The van der Waals surface area contributed by atoms with Gasteiger partial charge in [-0.1, -0.05) is 60.1 Å². The highest BCUT2D eigenvalue weighted by Crippen LogP contribution is 2.27. The molecule has 23 heavy (non-hydrogen) atoms. The highest BCUT2D eigenvalue weighted by molar-refractivity contribution is 6.45. The Bertz CT molecular complexity index is 963. The average molecular weight is 297 g/mol. The first-order chi connectivity index (χ1) is 11.4. The lowest BCUT2D eigenvalue weighted by molar-refractivity contribution is 0.615. The Balaban J connectivity index is 2.02. The number of benzene rings is 3. The number of hydrogen-bond acceptors (Lipinski definition) is 2. The van der Waals surface area contributed by atoms with Gasteiger partial charge in [-0.2, -0.15) is 0 Å². The molecule has 4 heteroatoms. The molecule has 1 N–H and O–H groups in total. The van der Waals surface area contributed by atoms with Crippen LogP contribution in [-0.4, -0.2) is 22.1 Å². The summed E-state index contributed by atoms with van der Waals surface area (Å²) in [7, 11) is 1.11. The van der Waals surface area contributed by atoms with E-state index in [0.29, 0.717) is 0 Å². The number of imidazole rings is 1. The molecule has 0 saturated heterocycles. The number of nitrogens with zero attached hydrogens (tertiary/aromatic N) is 2. The van der Waals surface area contributed by atoms with E-state index in [9.17, 15) is 5.02 Å². The molecule has 0 saturated carbocycles. The van der Waals surface area contributed by atoms with Crippen molar-refractivity contribution >= 4 is 24.0 Å². The number of fused-ring (bicyclic) bond motifs is 1. The molecule has 3 nitrogen and oxygen atoms in total. The van der Waals surface area contributed by atoms with E-state index < -0.39 is 0 Å². The molecule has 4 rings (SSSR count). The summed E-state index contributed by atoms with van der Waals surface area (Å²) in [5.74, 6) is 0.862. The SMILES string of the molecule is O[B]c1cccc(-c2nc3ccccc3n2-c2ccccc2)c1. The predicted octanol–water partition coefficient (Wildman–Crippen LogP) is 2.93. The van der Waals surface area contributed by atoms with Crippen molar-refractivity contribution in [3.05, 3.63) is 78.9 Å². The summed E-state index contributed by atoms with van der Waals surface area (Å²) < 4.78 is 2.14. The third-order valence-electron chi connectivity index (χ3n) is 3.87. The van der Waals surface area contributed by atoms with Gasteiger partial charge >= 0.3 is 7.48 Å². The fourth-order valence-corrected chi connectivity index (χ4v) is 2.82. The van der Waals surface area contributed by atoms with Crippen LogP contribution in [0.1, 0.15) is 0 Å². The van der Waals surface area contributed by atoms with Gasteiger partial charge in [-0.25, -0.2) is 4.98 Å². The zero-order valence-corrected chi connectivity index (χ0v) is 12.4. The van der Waals surface area contributed by atoms with Gasteiger partial charge in [-0.3, -0.25) is 4.57 Å². The van der Waals surface area contributed by atoms with Crippen LogP contribution in [0.4, 0.5) is 0 Å². The first kappa shape index (κ1) is 13.8. The van der Waals surface area contributed by atoms with Crippen molar-refractivity contribution in [1.29, 1.82) is 0 Å². The Hall–Kier alpha value is -2.85. The highest BCUT2D eigenvalue weighted by atomic mass is 16.2. The molecule has 0 unspecified atom stereocenters. The minimum Gasteiger partial charge on any atom is -0.450 e. The van der Waals surface area contributed by atoms with Gasteiger partial charge in [0.2, 0.25) is 0 Å². The largest absolute Gasteiger partial charge is 0.450 e. The molecule has 0 aliphatic carbocycles. The minimum atomic E-state index is 0.758. The summed E-state index contributed by atoms with van der Waals surface area (Å²) in [5, 5.41) is 9.28. The second kappa shape index (κ2) is 5.74. The molecule has 0 atom stereocenters. The van der Waals surface area contributed by atoms with E-state index in [4.69, 9.17) is 4.98 Å². The third-order valence-corrected chi connectivity index (χ3v) is 3.87. The van der Waals surface area contributed by atoms with Gasteiger partial charge in [-0.05, 0) is 24.3 Å². The number of rotatable bonds is 3. The van der Waals surface area contributed by atoms with E-state index in [1.54, 1.807) is 0 Å². The molecule has 1 radical (unpaired) electrons. The third kappa shape index (κ3) is 2.43. The molecule has 109 valence electrons. The van der Waals surface area contributed by atoms with Gasteiger partial charge in [0, 0.05) is 11.3 Å². The summed E-state index contributed by atoms with van der Waals surface area (Å²) >= 11 is 0. The molecular formula is C19H14BN2O. The van der Waals surface area contributed by atoms with E-state index in [-0.39, 0.29) is 0 Å². The second-order valence-electron chi connectivity index (χ2n) is 5.35. The Morgan fingerprint density at radius 1 is 0.826 bits per heavy atom. The lowest BCUT2D eigenvalue weighted by Gasteiger charge is -2.10. The Kier molecular flexibility index (Phi) is 3.44. The summed E-state index contributed by atoms with van der Waals surface area (Å²) in [4.78, 5) is 4.80. The number of para-hydroxylation sites is 3. The molecule has 3 aromatic carbocycles. The van der Waals surface area contributed by atoms with Crippen molar-refractivity contribution in [2.24, 2.45) is 0 Å². The average Bonchev–Trinajstić information content (AvgIpc) is 3.02. The van der Waals surface area contributed by atoms with Crippen LogP contribution in [0.3, 0.4) is 0 Å². The van der Waals surface area contributed by atoms with Crippen molar-refractivity contribution in [3.8, 4) is 17.1 Å². The molecule has 1 heterocycles. The quantitative estimate of drug-likeness (QED) is 0.590. The van der Waals surface area contributed by atoms with Crippen LogP contribution in [0.5, 0.6) is 0 Å². The zero-order valence-electron chi connectivity index (χ0n) is 12.4. The van der Waals surface area contributed by atoms with Crippen LogP contribution in [0.2, 0.25) is 0 Å². The van der Waals surface area contributed by atoms with Crippen LogP contribution in [0.25, 0.3) is 28.1 Å². The first-order valence-corrected chi connectivity index (χ1v) is 7.47. The monoisotopic (exact) mass is 297 g/mol. The molecule has 0 aliphatic heterocycles. The van der Waals surface area contributed by atoms with Crippen LogP contribution in [-0.2, 0) is 0 Å². The molecule has 0 fully saturated rings. The summed E-state index contributed by atoms with van der Waals surface area (Å²) in [5.41, 5.74) is 4.80. The predicted molar refractivity (Wildman–Crippen MR) is 94.1 cm³/mol. The Labute approximate surface area is 135 Å². The van der Waals surface area contributed by atoms with Gasteiger partial charge in [-0.15, -0.1) is 0 Å². The zero-order chi connectivity index (χ0) is 15.6. The number of hydrogen-bond donors (Lipinski definition) is 1. The Morgan fingerprint density at radius 3 is 2.43 bits per heavy atom. The van der Waals surface area contributed by atoms with Crippen LogP contribution in [0.15, 0.2) is 78.9 Å². The standard InChI is InChI=1S/C19H14BN2O/c23-20-15-8-6-7-14(13-15)19-21-17-11-4-5-12-18(17)22(19)16-9-2-1-3-10-16/h1-13,23H. The molecule has 0 aliphatic rings. The summed E-state index contributed by atoms with van der Waals surface area (Å²) in [6.45, 7) is 0. The fraction of sp³-hybridized carbons (Fsp3) is 0. The van der Waals surface area contributed by atoms with Crippen molar-refractivity contribution in [2.45, 2.75) is 0 Å². The molecule has 4 aromatic rings. The maximum atomic E-state index is 9.28. The second-order valence-corrected chi connectivity index (χ2v) is 5.35. The molecule has 0 spiro atoms.